The highest BCUT2D eigenvalue weighted by atomic mass is 35.5. The smallest absolute Gasteiger partial charge is 0.407 e. The molecule has 1 aromatic carbocycles. The first-order valence-corrected chi connectivity index (χ1v) is 7.96. The highest BCUT2D eigenvalue weighted by Crippen LogP contribution is 2.29. The highest BCUT2D eigenvalue weighted by molar-refractivity contribution is 6.43. The van der Waals surface area contributed by atoms with Gasteiger partial charge in [-0.05, 0) is 44.9 Å². The second-order valence-electron chi connectivity index (χ2n) is 6.00. The quantitative estimate of drug-likeness (QED) is 0.732. The number of carboxylic acids is 1. The van der Waals surface area contributed by atoms with Gasteiger partial charge in [0.2, 0.25) is 0 Å². The van der Waals surface area contributed by atoms with Gasteiger partial charge in [0.05, 0.1) is 16.5 Å². The molecule has 0 fully saturated rings. The van der Waals surface area contributed by atoms with Crippen LogP contribution in [-0.4, -0.2) is 28.8 Å². The zero-order valence-electron chi connectivity index (χ0n) is 13.0. The van der Waals surface area contributed by atoms with Crippen molar-refractivity contribution in [2.24, 2.45) is 0 Å². The Labute approximate surface area is 149 Å². The van der Waals surface area contributed by atoms with Crippen LogP contribution in [0.5, 0.6) is 0 Å². The summed E-state index contributed by atoms with van der Waals surface area (Å²) in [6, 6.07) is 2.33. The van der Waals surface area contributed by atoms with E-state index in [0.717, 1.165) is 0 Å². The van der Waals surface area contributed by atoms with Gasteiger partial charge in [-0.3, -0.25) is 4.79 Å². The molecule has 23 heavy (non-hydrogen) atoms. The normalized spacial score (nSPS) is 12.6. The molecule has 0 saturated heterocycles. The molecule has 0 bridgehead atoms. The number of ether oxygens (including phenoxy) is 1. The first-order chi connectivity index (χ1) is 10.5. The van der Waals surface area contributed by atoms with Gasteiger partial charge in [-0.15, -0.1) is 0 Å². The number of benzene rings is 1. The number of hydrogen-bond acceptors (Lipinski definition) is 3. The van der Waals surface area contributed by atoms with Crippen molar-refractivity contribution in [1.82, 2.24) is 5.32 Å². The summed E-state index contributed by atoms with van der Waals surface area (Å²) >= 11 is 17.9. The van der Waals surface area contributed by atoms with Crippen LogP contribution in [-0.2, 0) is 16.0 Å². The van der Waals surface area contributed by atoms with Crippen LogP contribution in [0.3, 0.4) is 0 Å². The van der Waals surface area contributed by atoms with Gasteiger partial charge in [-0.25, -0.2) is 4.79 Å². The Hall–Kier alpha value is -1.17. The Morgan fingerprint density at radius 3 is 2.26 bits per heavy atom. The lowest BCUT2D eigenvalue weighted by molar-refractivity contribution is -0.137. The van der Waals surface area contributed by atoms with Crippen molar-refractivity contribution in [3.63, 3.8) is 0 Å². The van der Waals surface area contributed by atoms with Crippen LogP contribution < -0.4 is 5.32 Å². The number of aliphatic carboxylic acids is 1. The number of nitrogens with one attached hydrogen (secondary N) is 1. The van der Waals surface area contributed by atoms with E-state index >= 15 is 0 Å². The van der Waals surface area contributed by atoms with E-state index in [4.69, 9.17) is 44.6 Å². The van der Waals surface area contributed by atoms with Crippen molar-refractivity contribution in [3.8, 4) is 0 Å². The SMILES string of the molecule is CC(C)(C)OC(=O)N[C@@H](CC(=O)O)Cc1cc(Cl)c(Cl)cc1Cl. The van der Waals surface area contributed by atoms with Crippen LogP contribution >= 0.6 is 34.8 Å². The lowest BCUT2D eigenvalue weighted by Gasteiger charge is -2.23. The predicted molar refractivity (Wildman–Crippen MR) is 90.6 cm³/mol. The third-order valence-electron chi connectivity index (χ3n) is 2.70. The molecule has 2 N–H and O–H groups in total. The lowest BCUT2D eigenvalue weighted by atomic mass is 10.0. The van der Waals surface area contributed by atoms with Gasteiger partial charge < -0.3 is 15.2 Å². The van der Waals surface area contributed by atoms with Crippen LogP contribution in [0.2, 0.25) is 15.1 Å². The van der Waals surface area contributed by atoms with Gasteiger partial charge in [0, 0.05) is 11.1 Å². The molecule has 1 atom stereocenters. The molecule has 5 nitrogen and oxygen atoms in total. The van der Waals surface area contributed by atoms with Gasteiger partial charge in [-0.1, -0.05) is 34.8 Å². The van der Waals surface area contributed by atoms with E-state index in [0.29, 0.717) is 20.6 Å². The van der Waals surface area contributed by atoms with Crippen molar-refractivity contribution in [3.05, 3.63) is 32.8 Å². The fourth-order valence-electron chi connectivity index (χ4n) is 1.84. The summed E-state index contributed by atoms with van der Waals surface area (Å²) in [6.45, 7) is 5.15. The molecule has 1 amide bonds. The minimum absolute atomic E-state index is 0.182. The van der Waals surface area contributed by atoms with Gasteiger partial charge in [0.25, 0.3) is 0 Å². The molecule has 8 heteroatoms. The Bertz CT molecular complexity index is 599. The monoisotopic (exact) mass is 381 g/mol. The maximum Gasteiger partial charge on any atom is 0.407 e. The van der Waals surface area contributed by atoms with E-state index in [1.54, 1.807) is 26.8 Å². The van der Waals surface area contributed by atoms with Crippen LogP contribution in [0.4, 0.5) is 4.79 Å². The molecular formula is C15H18Cl3NO4. The molecule has 0 aromatic heterocycles. The number of alkyl carbamates (subject to hydrolysis) is 1. The first-order valence-electron chi connectivity index (χ1n) is 6.82. The number of halogens is 3. The Balaban J connectivity index is 2.89. The molecule has 1 rings (SSSR count). The largest absolute Gasteiger partial charge is 0.481 e. The molecule has 0 unspecified atom stereocenters. The van der Waals surface area contributed by atoms with Crippen LogP contribution in [0.25, 0.3) is 0 Å². The molecule has 0 saturated carbocycles. The number of amides is 1. The Kier molecular flexibility index (Phi) is 6.99. The van der Waals surface area contributed by atoms with Crippen molar-refractivity contribution < 1.29 is 19.4 Å². The summed E-state index contributed by atoms with van der Waals surface area (Å²) in [5, 5.41) is 12.5. The average molecular weight is 383 g/mol. The zero-order chi connectivity index (χ0) is 17.8. The third-order valence-corrected chi connectivity index (χ3v) is 3.77. The van der Waals surface area contributed by atoms with Gasteiger partial charge in [-0.2, -0.15) is 0 Å². The molecule has 0 heterocycles. The fraction of sp³-hybridized carbons (Fsp3) is 0.467. The second kappa shape index (κ2) is 8.08. The summed E-state index contributed by atoms with van der Waals surface area (Å²) < 4.78 is 5.14. The van der Waals surface area contributed by atoms with Crippen LogP contribution in [0, 0.1) is 0 Å². The number of carbonyl (C=O) groups is 2. The summed E-state index contributed by atoms with van der Waals surface area (Å²) in [7, 11) is 0. The van der Waals surface area contributed by atoms with E-state index in [1.807, 2.05) is 0 Å². The molecule has 1 aromatic rings. The minimum Gasteiger partial charge on any atom is -0.481 e. The van der Waals surface area contributed by atoms with Crippen LogP contribution in [0.15, 0.2) is 12.1 Å². The molecule has 0 radical (unpaired) electrons. The predicted octanol–water partition coefficient (Wildman–Crippen LogP) is 4.56. The summed E-state index contributed by atoms with van der Waals surface area (Å²) in [6.07, 6.45) is -0.795. The van der Waals surface area contributed by atoms with E-state index in [1.165, 1.54) is 6.07 Å². The standard InChI is InChI=1S/C15H18Cl3NO4/c1-15(2,3)23-14(22)19-9(6-13(20)21)4-8-5-11(17)12(18)7-10(8)16/h5,7,9H,4,6H2,1-3H3,(H,19,22)(H,20,21)/t9-/m1/s1. The summed E-state index contributed by atoms with van der Waals surface area (Å²) in [5.74, 6) is -1.05. The lowest BCUT2D eigenvalue weighted by Crippen LogP contribution is -2.41. The van der Waals surface area contributed by atoms with E-state index in [-0.39, 0.29) is 12.8 Å². The zero-order valence-corrected chi connectivity index (χ0v) is 15.2. The van der Waals surface area contributed by atoms with E-state index in [2.05, 4.69) is 5.32 Å². The van der Waals surface area contributed by atoms with Crippen molar-refractivity contribution in [2.45, 2.75) is 45.3 Å². The number of carboxylic acid groups (broad SMARTS) is 1. The minimum atomic E-state index is -1.05. The molecule has 0 spiro atoms. The maximum atomic E-state index is 11.8. The van der Waals surface area contributed by atoms with Crippen molar-refractivity contribution in [1.29, 1.82) is 0 Å². The van der Waals surface area contributed by atoms with Gasteiger partial charge >= 0.3 is 12.1 Å². The maximum absolute atomic E-state index is 11.8. The first kappa shape index (κ1) is 19.9. The van der Waals surface area contributed by atoms with E-state index < -0.39 is 23.7 Å². The topological polar surface area (TPSA) is 75.6 Å². The summed E-state index contributed by atoms with van der Waals surface area (Å²) in [5.41, 5.74) is -0.0950. The molecule has 128 valence electrons. The molecule has 0 aliphatic rings. The molecule has 0 aliphatic carbocycles. The Morgan fingerprint density at radius 2 is 1.74 bits per heavy atom. The number of hydrogen-bond donors (Lipinski definition) is 2. The average Bonchev–Trinajstić information content (AvgIpc) is 2.32. The summed E-state index contributed by atoms with van der Waals surface area (Å²) in [4.78, 5) is 22.8. The van der Waals surface area contributed by atoms with Crippen LogP contribution in [0.1, 0.15) is 32.8 Å². The van der Waals surface area contributed by atoms with Crippen molar-refractivity contribution in [2.75, 3.05) is 0 Å². The fourth-order valence-corrected chi connectivity index (χ4v) is 2.49. The van der Waals surface area contributed by atoms with Gasteiger partial charge in [0.1, 0.15) is 5.60 Å². The molecule has 0 aliphatic heterocycles. The number of rotatable bonds is 5. The molecular weight excluding hydrogens is 365 g/mol. The second-order valence-corrected chi connectivity index (χ2v) is 7.22. The van der Waals surface area contributed by atoms with Gasteiger partial charge in [0.15, 0.2) is 0 Å². The Morgan fingerprint density at radius 1 is 1.17 bits per heavy atom. The highest BCUT2D eigenvalue weighted by Gasteiger charge is 2.22. The third kappa shape index (κ3) is 7.29. The number of carbonyl (C=O) groups excluding carboxylic acids is 1. The van der Waals surface area contributed by atoms with E-state index in [9.17, 15) is 9.59 Å². The van der Waals surface area contributed by atoms with Crippen molar-refractivity contribution >= 4 is 46.9 Å².